The molecule has 1 aliphatic heterocycles. The molecule has 1 aliphatic rings. The number of rotatable bonds is 3. The first-order valence-electron chi connectivity index (χ1n) is 4.83. The summed E-state index contributed by atoms with van der Waals surface area (Å²) in [7, 11) is 0. The maximum absolute atomic E-state index is 11.7. The monoisotopic (exact) mass is 223 g/mol. The number of hydrogen-bond acceptors (Lipinski definition) is 4. The normalized spacial score (nSPS) is 14.6. The maximum atomic E-state index is 11.7. The summed E-state index contributed by atoms with van der Waals surface area (Å²) in [6.45, 7) is 4.08. The molecule has 0 atom stereocenters. The van der Waals surface area contributed by atoms with Gasteiger partial charge in [-0.2, -0.15) is 0 Å². The first-order valence-corrected chi connectivity index (χ1v) is 5.71. The Bertz CT molecular complexity index is 377. The van der Waals surface area contributed by atoms with E-state index in [1.807, 2.05) is 12.3 Å². The fourth-order valence-electron chi connectivity index (χ4n) is 1.30. The van der Waals surface area contributed by atoms with Gasteiger partial charge in [-0.15, -0.1) is 11.3 Å². The van der Waals surface area contributed by atoms with Crippen LogP contribution >= 0.6 is 11.3 Å². The van der Waals surface area contributed by atoms with Crippen molar-refractivity contribution in [1.29, 1.82) is 0 Å². The van der Waals surface area contributed by atoms with E-state index in [2.05, 4.69) is 15.6 Å². The third kappa shape index (κ3) is 2.43. The molecule has 0 unspecified atom stereocenters. The highest BCUT2D eigenvalue weighted by molar-refractivity contribution is 7.09. The van der Waals surface area contributed by atoms with Gasteiger partial charge in [0.15, 0.2) is 0 Å². The van der Waals surface area contributed by atoms with Crippen LogP contribution in [0.2, 0.25) is 0 Å². The minimum Gasteiger partial charge on any atom is -0.346 e. The molecule has 0 radical (unpaired) electrons. The second-order valence-corrected chi connectivity index (χ2v) is 4.42. The Morgan fingerprint density at radius 2 is 2.47 bits per heavy atom. The third-order valence-electron chi connectivity index (χ3n) is 2.43. The van der Waals surface area contributed by atoms with E-state index in [0.717, 1.165) is 23.7 Å². The Balaban J connectivity index is 1.87. The lowest BCUT2D eigenvalue weighted by Gasteiger charge is -2.21. The lowest BCUT2D eigenvalue weighted by molar-refractivity contribution is -0.117. The first kappa shape index (κ1) is 10.3. The van der Waals surface area contributed by atoms with Crippen LogP contribution in [-0.4, -0.2) is 24.0 Å². The number of thiazole rings is 1. The Morgan fingerprint density at radius 1 is 1.67 bits per heavy atom. The zero-order valence-electron chi connectivity index (χ0n) is 8.54. The van der Waals surface area contributed by atoms with E-state index in [9.17, 15) is 4.79 Å². The van der Waals surface area contributed by atoms with Crippen molar-refractivity contribution < 1.29 is 4.79 Å². The predicted octanol–water partition coefficient (Wildman–Crippen LogP) is 0.679. The largest absolute Gasteiger partial charge is 0.346 e. The van der Waals surface area contributed by atoms with Gasteiger partial charge in [-0.3, -0.25) is 4.79 Å². The zero-order chi connectivity index (χ0) is 10.7. The van der Waals surface area contributed by atoms with Crippen molar-refractivity contribution in [3.05, 3.63) is 27.7 Å². The van der Waals surface area contributed by atoms with Gasteiger partial charge in [0.2, 0.25) is 5.91 Å². The minimum atomic E-state index is 0.0155. The molecule has 0 aliphatic carbocycles. The summed E-state index contributed by atoms with van der Waals surface area (Å²) in [6, 6.07) is 0. The molecule has 15 heavy (non-hydrogen) atoms. The van der Waals surface area contributed by atoms with Gasteiger partial charge in [-0.05, 0) is 12.5 Å². The summed E-state index contributed by atoms with van der Waals surface area (Å²) in [5.74, 6) is 0.0155. The van der Waals surface area contributed by atoms with Crippen LogP contribution in [0.1, 0.15) is 11.9 Å². The van der Waals surface area contributed by atoms with Gasteiger partial charge < -0.3 is 10.6 Å². The van der Waals surface area contributed by atoms with E-state index in [0.29, 0.717) is 6.54 Å². The van der Waals surface area contributed by atoms with Crippen molar-refractivity contribution in [2.75, 3.05) is 13.1 Å². The van der Waals surface area contributed by atoms with Crippen LogP contribution in [-0.2, 0) is 11.3 Å². The lowest BCUT2D eigenvalue weighted by Crippen LogP contribution is -2.37. The molecule has 2 rings (SSSR count). The Kier molecular flexibility index (Phi) is 3.13. The number of nitrogens with zero attached hydrogens (tertiary/aromatic N) is 1. The average Bonchev–Trinajstić information content (AvgIpc) is 2.63. The molecule has 1 aromatic rings. The number of carbonyl (C=O) groups is 1. The van der Waals surface area contributed by atoms with Crippen molar-refractivity contribution in [2.24, 2.45) is 0 Å². The second-order valence-electron chi connectivity index (χ2n) is 3.44. The van der Waals surface area contributed by atoms with E-state index in [1.165, 1.54) is 5.57 Å². The first-order chi connectivity index (χ1) is 7.27. The number of aromatic nitrogens is 1. The van der Waals surface area contributed by atoms with Crippen LogP contribution in [0, 0.1) is 0 Å². The van der Waals surface area contributed by atoms with Gasteiger partial charge in [-0.1, -0.05) is 0 Å². The quantitative estimate of drug-likeness (QED) is 0.741. The summed E-state index contributed by atoms with van der Waals surface area (Å²) in [6.07, 6.45) is 1.74. The van der Waals surface area contributed by atoms with Crippen molar-refractivity contribution in [3.63, 3.8) is 0 Å². The van der Waals surface area contributed by atoms with E-state index < -0.39 is 0 Å². The van der Waals surface area contributed by atoms with Gasteiger partial charge in [0.1, 0.15) is 5.01 Å². The molecule has 4 nitrogen and oxygen atoms in total. The standard InChI is InChI=1S/C10H13N3OS/c1-7(8-4-11-5-8)10(14)13-6-9-12-2-3-15-9/h2-3,11H,4-6H2,1H3,(H,13,14). The highest BCUT2D eigenvalue weighted by atomic mass is 32.1. The van der Waals surface area contributed by atoms with Gasteiger partial charge in [-0.25, -0.2) is 4.98 Å². The van der Waals surface area contributed by atoms with Gasteiger partial charge in [0.05, 0.1) is 6.54 Å². The maximum Gasteiger partial charge on any atom is 0.247 e. The molecule has 0 bridgehead atoms. The molecule has 1 amide bonds. The molecule has 5 heteroatoms. The number of nitrogens with one attached hydrogen (secondary N) is 2. The fourth-order valence-corrected chi connectivity index (χ4v) is 1.86. The summed E-state index contributed by atoms with van der Waals surface area (Å²) in [4.78, 5) is 15.8. The molecular formula is C10H13N3OS. The fraction of sp³-hybridized carbons (Fsp3) is 0.400. The van der Waals surface area contributed by atoms with Gasteiger partial charge in [0, 0.05) is 30.2 Å². The Labute approximate surface area is 92.4 Å². The average molecular weight is 223 g/mol. The Hall–Kier alpha value is -1.20. The topological polar surface area (TPSA) is 54.0 Å². The van der Waals surface area contributed by atoms with E-state index in [-0.39, 0.29) is 5.91 Å². The SMILES string of the molecule is CC(C(=O)NCc1nccs1)=C1CNC1. The Morgan fingerprint density at radius 3 is 3.00 bits per heavy atom. The molecule has 1 fully saturated rings. The van der Waals surface area contributed by atoms with Crippen molar-refractivity contribution in [1.82, 2.24) is 15.6 Å². The highest BCUT2D eigenvalue weighted by Gasteiger charge is 2.15. The molecular weight excluding hydrogens is 210 g/mol. The predicted molar refractivity (Wildman–Crippen MR) is 59.5 cm³/mol. The number of carbonyl (C=O) groups excluding carboxylic acids is 1. The van der Waals surface area contributed by atoms with E-state index in [1.54, 1.807) is 17.5 Å². The van der Waals surface area contributed by atoms with E-state index in [4.69, 9.17) is 0 Å². The van der Waals surface area contributed by atoms with Gasteiger partial charge >= 0.3 is 0 Å². The smallest absolute Gasteiger partial charge is 0.247 e. The lowest BCUT2D eigenvalue weighted by atomic mass is 10.0. The van der Waals surface area contributed by atoms with Crippen LogP contribution in [0.3, 0.4) is 0 Å². The number of hydrogen-bond donors (Lipinski definition) is 2. The summed E-state index contributed by atoms with van der Waals surface area (Å²) < 4.78 is 0. The minimum absolute atomic E-state index is 0.0155. The molecule has 1 saturated heterocycles. The van der Waals surface area contributed by atoms with Crippen LogP contribution < -0.4 is 10.6 Å². The third-order valence-corrected chi connectivity index (χ3v) is 3.21. The van der Waals surface area contributed by atoms with Crippen molar-refractivity contribution in [2.45, 2.75) is 13.5 Å². The number of amides is 1. The molecule has 80 valence electrons. The summed E-state index contributed by atoms with van der Waals surface area (Å²) >= 11 is 1.55. The van der Waals surface area contributed by atoms with Crippen molar-refractivity contribution >= 4 is 17.2 Å². The zero-order valence-corrected chi connectivity index (χ0v) is 9.36. The van der Waals surface area contributed by atoms with Crippen LogP contribution in [0.4, 0.5) is 0 Å². The van der Waals surface area contributed by atoms with E-state index >= 15 is 0 Å². The highest BCUT2D eigenvalue weighted by Crippen LogP contribution is 2.09. The molecule has 0 saturated carbocycles. The molecule has 2 heterocycles. The molecule has 0 spiro atoms. The molecule has 2 N–H and O–H groups in total. The second kappa shape index (κ2) is 4.55. The van der Waals surface area contributed by atoms with Crippen molar-refractivity contribution in [3.8, 4) is 0 Å². The summed E-state index contributed by atoms with van der Waals surface area (Å²) in [5.41, 5.74) is 2.04. The van der Waals surface area contributed by atoms with Crippen LogP contribution in [0.5, 0.6) is 0 Å². The summed E-state index contributed by atoms with van der Waals surface area (Å²) in [5, 5.41) is 8.82. The van der Waals surface area contributed by atoms with Crippen LogP contribution in [0.15, 0.2) is 22.7 Å². The molecule has 0 aromatic carbocycles. The van der Waals surface area contributed by atoms with Gasteiger partial charge in [0.25, 0.3) is 0 Å². The molecule has 1 aromatic heterocycles. The van der Waals surface area contributed by atoms with Crippen LogP contribution in [0.25, 0.3) is 0 Å².